The maximum absolute atomic E-state index is 12.5. The summed E-state index contributed by atoms with van der Waals surface area (Å²) in [5.74, 6) is -0.323. The summed E-state index contributed by atoms with van der Waals surface area (Å²) in [5, 5.41) is 2.90. The first-order valence-corrected chi connectivity index (χ1v) is 8.23. The van der Waals surface area contributed by atoms with Gasteiger partial charge in [0.1, 0.15) is 5.69 Å². The van der Waals surface area contributed by atoms with Crippen LogP contribution in [0.5, 0.6) is 0 Å². The third-order valence-electron chi connectivity index (χ3n) is 4.76. The average molecular weight is 339 g/mol. The van der Waals surface area contributed by atoms with Gasteiger partial charge in [-0.25, -0.2) is 4.98 Å². The Labute approximate surface area is 148 Å². The molecular weight excluding hydrogens is 317 g/mol. The van der Waals surface area contributed by atoms with Gasteiger partial charge < -0.3 is 14.6 Å². The van der Waals surface area contributed by atoms with Crippen molar-refractivity contribution in [2.75, 3.05) is 5.32 Å². The number of rotatable bonds is 3. The van der Waals surface area contributed by atoms with Crippen molar-refractivity contribution >= 4 is 24.2 Å². The zero-order valence-electron chi connectivity index (χ0n) is 15.2. The van der Waals surface area contributed by atoms with Crippen LogP contribution in [-0.2, 0) is 9.31 Å². The van der Waals surface area contributed by atoms with Crippen molar-refractivity contribution in [3.8, 4) is 0 Å². The monoisotopic (exact) mass is 339 g/mol. The predicted molar refractivity (Wildman–Crippen MR) is 96.9 cm³/mol. The molecular formula is C18H22BN3O3. The smallest absolute Gasteiger partial charge is 0.399 e. The number of nitrogens with one attached hydrogen (secondary N) is 1. The molecule has 130 valence electrons. The number of anilines is 1. The van der Waals surface area contributed by atoms with Gasteiger partial charge in [0.15, 0.2) is 0 Å². The summed E-state index contributed by atoms with van der Waals surface area (Å²) in [4.78, 5) is 20.4. The summed E-state index contributed by atoms with van der Waals surface area (Å²) in [6, 6.07) is 5.79. The minimum Gasteiger partial charge on any atom is -0.399 e. The third-order valence-corrected chi connectivity index (χ3v) is 4.76. The molecule has 0 atom stereocenters. The van der Waals surface area contributed by atoms with Crippen LogP contribution in [0.4, 0.5) is 5.69 Å². The van der Waals surface area contributed by atoms with Gasteiger partial charge in [-0.1, -0.05) is 12.1 Å². The molecule has 0 unspecified atom stereocenters. The molecule has 1 amide bonds. The number of carbonyl (C=O) groups is 1. The lowest BCUT2D eigenvalue weighted by molar-refractivity contribution is 0.00578. The van der Waals surface area contributed by atoms with Crippen LogP contribution in [-0.4, -0.2) is 34.2 Å². The van der Waals surface area contributed by atoms with E-state index in [1.807, 2.05) is 52.8 Å². The number of aryl methyl sites for hydroxylation is 1. The van der Waals surface area contributed by atoms with Crippen molar-refractivity contribution < 1.29 is 14.1 Å². The fourth-order valence-corrected chi connectivity index (χ4v) is 2.56. The van der Waals surface area contributed by atoms with E-state index >= 15 is 0 Å². The lowest BCUT2D eigenvalue weighted by atomic mass is 9.77. The highest BCUT2D eigenvalue weighted by atomic mass is 16.7. The lowest BCUT2D eigenvalue weighted by Crippen LogP contribution is -2.41. The second-order valence-corrected chi connectivity index (χ2v) is 7.22. The average Bonchev–Trinajstić information content (AvgIpc) is 2.76. The number of carbonyl (C=O) groups excluding carboxylic acids is 1. The SMILES string of the molecule is Cc1ccc(B2OC(C)(C)C(C)(C)O2)c(NC(=O)c2cnccn2)c1. The zero-order valence-corrected chi connectivity index (χ0v) is 15.2. The fraction of sp³-hybridized carbons (Fsp3) is 0.389. The highest BCUT2D eigenvalue weighted by Gasteiger charge is 2.52. The molecule has 0 bridgehead atoms. The number of aromatic nitrogens is 2. The van der Waals surface area contributed by atoms with Crippen LogP contribution in [0.1, 0.15) is 43.7 Å². The van der Waals surface area contributed by atoms with Gasteiger partial charge in [-0.15, -0.1) is 0 Å². The zero-order chi connectivity index (χ0) is 18.2. The Balaban J connectivity index is 1.91. The summed E-state index contributed by atoms with van der Waals surface area (Å²) in [6.45, 7) is 9.96. The van der Waals surface area contributed by atoms with Crippen LogP contribution in [0, 0.1) is 6.92 Å². The van der Waals surface area contributed by atoms with Crippen LogP contribution in [0.25, 0.3) is 0 Å². The van der Waals surface area contributed by atoms with Crippen molar-refractivity contribution in [1.29, 1.82) is 0 Å². The summed E-state index contributed by atoms with van der Waals surface area (Å²) in [7, 11) is -0.553. The van der Waals surface area contributed by atoms with Gasteiger partial charge in [0.05, 0.1) is 17.4 Å². The molecule has 0 aliphatic carbocycles. The molecule has 0 saturated carbocycles. The van der Waals surface area contributed by atoms with E-state index < -0.39 is 18.3 Å². The first-order chi connectivity index (χ1) is 11.7. The first-order valence-electron chi connectivity index (χ1n) is 8.23. The summed E-state index contributed by atoms with van der Waals surface area (Å²) < 4.78 is 12.2. The molecule has 1 saturated heterocycles. The van der Waals surface area contributed by atoms with Gasteiger partial charge >= 0.3 is 7.12 Å². The highest BCUT2D eigenvalue weighted by molar-refractivity contribution is 6.64. The van der Waals surface area contributed by atoms with Crippen LogP contribution >= 0.6 is 0 Å². The molecule has 1 fully saturated rings. The third kappa shape index (κ3) is 3.43. The Morgan fingerprint density at radius 1 is 1.12 bits per heavy atom. The standard InChI is InChI=1S/C18H22BN3O3/c1-12-6-7-13(19-24-17(2,3)18(4,5)25-19)14(10-12)22-16(23)15-11-20-8-9-21-15/h6-11H,1-5H3,(H,22,23). The molecule has 1 aliphatic rings. The van der Waals surface area contributed by atoms with E-state index in [-0.39, 0.29) is 11.6 Å². The maximum Gasteiger partial charge on any atom is 0.496 e. The molecule has 1 aromatic heterocycles. The van der Waals surface area contributed by atoms with E-state index in [4.69, 9.17) is 9.31 Å². The minimum absolute atomic E-state index is 0.254. The first kappa shape index (κ1) is 17.6. The van der Waals surface area contributed by atoms with Crippen LogP contribution in [0.15, 0.2) is 36.8 Å². The van der Waals surface area contributed by atoms with E-state index in [1.54, 1.807) is 0 Å². The van der Waals surface area contributed by atoms with Gasteiger partial charge in [-0.3, -0.25) is 9.78 Å². The molecule has 0 spiro atoms. The molecule has 1 aromatic carbocycles. The molecule has 2 aromatic rings. The number of nitrogens with zero attached hydrogens (tertiary/aromatic N) is 2. The number of hydrogen-bond donors (Lipinski definition) is 1. The summed E-state index contributed by atoms with van der Waals surface area (Å²) in [6.07, 6.45) is 4.44. The Bertz CT molecular complexity index is 777. The molecule has 25 heavy (non-hydrogen) atoms. The van der Waals surface area contributed by atoms with Gasteiger partial charge in [-0.05, 0) is 46.2 Å². The van der Waals surface area contributed by atoms with Gasteiger partial charge in [0.2, 0.25) is 0 Å². The molecule has 6 nitrogen and oxygen atoms in total. The lowest BCUT2D eigenvalue weighted by Gasteiger charge is -2.32. The van der Waals surface area contributed by atoms with Crippen LogP contribution in [0.2, 0.25) is 0 Å². The molecule has 1 N–H and O–H groups in total. The Morgan fingerprint density at radius 2 is 1.80 bits per heavy atom. The Kier molecular flexibility index (Phi) is 4.39. The number of amides is 1. The van der Waals surface area contributed by atoms with E-state index in [1.165, 1.54) is 18.6 Å². The maximum atomic E-state index is 12.5. The predicted octanol–water partition coefficient (Wildman–Crippen LogP) is 2.34. The highest BCUT2D eigenvalue weighted by Crippen LogP contribution is 2.37. The van der Waals surface area contributed by atoms with Crippen molar-refractivity contribution in [3.63, 3.8) is 0 Å². The van der Waals surface area contributed by atoms with E-state index in [9.17, 15) is 4.79 Å². The van der Waals surface area contributed by atoms with Crippen LogP contribution in [0.3, 0.4) is 0 Å². The molecule has 2 heterocycles. The van der Waals surface area contributed by atoms with E-state index in [0.717, 1.165) is 11.0 Å². The molecule has 3 rings (SSSR count). The fourth-order valence-electron chi connectivity index (χ4n) is 2.56. The summed E-state index contributed by atoms with van der Waals surface area (Å²) >= 11 is 0. The second-order valence-electron chi connectivity index (χ2n) is 7.22. The summed E-state index contributed by atoms with van der Waals surface area (Å²) in [5.41, 5.74) is 1.80. The minimum atomic E-state index is -0.553. The topological polar surface area (TPSA) is 73.3 Å². The van der Waals surface area contributed by atoms with Crippen molar-refractivity contribution in [3.05, 3.63) is 48.0 Å². The largest absolute Gasteiger partial charge is 0.496 e. The molecule has 1 aliphatic heterocycles. The van der Waals surface area contributed by atoms with Gasteiger partial charge in [0, 0.05) is 23.5 Å². The van der Waals surface area contributed by atoms with Crippen molar-refractivity contribution in [2.24, 2.45) is 0 Å². The van der Waals surface area contributed by atoms with E-state index in [0.29, 0.717) is 5.69 Å². The van der Waals surface area contributed by atoms with Crippen molar-refractivity contribution in [2.45, 2.75) is 45.8 Å². The van der Waals surface area contributed by atoms with Gasteiger partial charge in [0.25, 0.3) is 5.91 Å². The van der Waals surface area contributed by atoms with E-state index in [2.05, 4.69) is 15.3 Å². The molecule has 0 radical (unpaired) electrons. The molecule has 7 heteroatoms. The normalized spacial score (nSPS) is 18.2. The Morgan fingerprint density at radius 3 is 2.40 bits per heavy atom. The second kappa shape index (κ2) is 6.24. The number of hydrogen-bond acceptors (Lipinski definition) is 5. The van der Waals surface area contributed by atoms with Crippen molar-refractivity contribution in [1.82, 2.24) is 9.97 Å². The number of benzene rings is 1. The van der Waals surface area contributed by atoms with Crippen LogP contribution < -0.4 is 10.8 Å². The Hall–Kier alpha value is -2.25. The quantitative estimate of drug-likeness (QED) is 0.869. The van der Waals surface area contributed by atoms with Gasteiger partial charge in [-0.2, -0.15) is 0 Å².